The van der Waals surface area contributed by atoms with Gasteiger partial charge in [0.05, 0.1) is 29.5 Å². The lowest BCUT2D eigenvalue weighted by Gasteiger charge is -2.20. The van der Waals surface area contributed by atoms with Crippen molar-refractivity contribution in [3.05, 3.63) is 94.2 Å². The van der Waals surface area contributed by atoms with Gasteiger partial charge in [-0.2, -0.15) is 0 Å². The summed E-state index contributed by atoms with van der Waals surface area (Å²) in [6.07, 6.45) is 0.704. The maximum atomic E-state index is 14.8. The average molecular weight is 645 g/mol. The summed E-state index contributed by atoms with van der Waals surface area (Å²) in [6, 6.07) is 10.8. The van der Waals surface area contributed by atoms with E-state index < -0.39 is 22.6 Å². The van der Waals surface area contributed by atoms with Gasteiger partial charge in [-0.1, -0.05) is 6.07 Å². The number of halogens is 2. The first kappa shape index (κ1) is 26.8. The predicted octanol–water partition coefficient (Wildman–Crippen LogP) is 2.70. The molecule has 39 heavy (non-hydrogen) atoms. The van der Waals surface area contributed by atoms with Gasteiger partial charge >= 0.3 is 5.69 Å². The Morgan fingerprint density at radius 3 is 2.54 bits per heavy atom. The Morgan fingerprint density at radius 2 is 1.85 bits per heavy atom. The molecule has 1 fully saturated rings. The third-order valence-corrected chi connectivity index (χ3v) is 7.50. The summed E-state index contributed by atoms with van der Waals surface area (Å²) in [5.41, 5.74) is -0.967. The van der Waals surface area contributed by atoms with Crippen molar-refractivity contribution in [3.63, 3.8) is 0 Å². The number of anilines is 2. The van der Waals surface area contributed by atoms with Gasteiger partial charge in [0.15, 0.2) is 0 Å². The Hall–Kier alpha value is -3.78. The molecule has 1 saturated heterocycles. The molecule has 1 aliphatic heterocycles. The van der Waals surface area contributed by atoms with Gasteiger partial charge in [0.2, 0.25) is 0 Å². The van der Waals surface area contributed by atoms with Crippen LogP contribution in [0.4, 0.5) is 15.9 Å². The molecule has 0 spiro atoms. The van der Waals surface area contributed by atoms with Crippen LogP contribution in [0.1, 0.15) is 22.3 Å². The fourth-order valence-electron chi connectivity index (χ4n) is 4.71. The summed E-state index contributed by atoms with van der Waals surface area (Å²) >= 11 is 1.98. The first-order valence-corrected chi connectivity index (χ1v) is 13.2. The lowest BCUT2D eigenvalue weighted by Crippen LogP contribution is -2.40. The van der Waals surface area contributed by atoms with Crippen LogP contribution in [0, 0.1) is 16.3 Å². The first-order valence-electron chi connectivity index (χ1n) is 12.1. The van der Waals surface area contributed by atoms with Crippen molar-refractivity contribution in [2.24, 2.45) is 14.1 Å². The summed E-state index contributed by atoms with van der Waals surface area (Å²) in [5.74, 6) is -0.872. The van der Waals surface area contributed by atoms with Gasteiger partial charge in [-0.15, -0.1) is 0 Å². The lowest BCUT2D eigenvalue weighted by molar-refractivity contribution is 0.0930. The first-order chi connectivity index (χ1) is 18.6. The second-order valence-electron chi connectivity index (χ2n) is 9.38. The van der Waals surface area contributed by atoms with Gasteiger partial charge in [0.25, 0.3) is 17.0 Å². The topological polar surface area (TPSA) is 116 Å². The zero-order chi connectivity index (χ0) is 28.0. The molecule has 0 bridgehead atoms. The van der Waals surface area contributed by atoms with Crippen LogP contribution >= 0.6 is 22.6 Å². The number of fused-ring (bicyclic) bond motifs is 1. The van der Waals surface area contributed by atoms with Crippen molar-refractivity contribution >= 4 is 50.9 Å². The second kappa shape index (κ2) is 10.4. The van der Waals surface area contributed by atoms with Gasteiger partial charge < -0.3 is 15.4 Å². The molecule has 1 unspecified atom stereocenters. The fourth-order valence-corrected chi connectivity index (χ4v) is 5.16. The van der Waals surface area contributed by atoms with Crippen molar-refractivity contribution in [2.45, 2.75) is 19.4 Å². The van der Waals surface area contributed by atoms with E-state index in [0.29, 0.717) is 34.5 Å². The minimum Gasteiger partial charge on any atom is -0.379 e. The minimum atomic E-state index is -0.697. The van der Waals surface area contributed by atoms with Crippen LogP contribution in [0.15, 0.2) is 56.8 Å². The zero-order valence-corrected chi connectivity index (χ0v) is 23.5. The normalized spacial score (nSPS) is 15.1. The lowest BCUT2D eigenvalue weighted by atomic mass is 10.1. The highest BCUT2D eigenvalue weighted by atomic mass is 127. The highest BCUT2D eigenvalue weighted by molar-refractivity contribution is 14.1. The Bertz CT molecular complexity index is 1820. The van der Waals surface area contributed by atoms with Crippen LogP contribution in [-0.2, 0) is 18.8 Å². The number of nitrogens with one attached hydrogen (secondary N) is 2. The Kier molecular flexibility index (Phi) is 7.16. The van der Waals surface area contributed by atoms with Crippen molar-refractivity contribution in [1.82, 2.24) is 19.0 Å². The van der Waals surface area contributed by atoms with Crippen molar-refractivity contribution in [3.8, 4) is 5.69 Å². The smallest absolute Gasteiger partial charge is 0.335 e. The number of hydrogen-bond donors (Lipinski definition) is 2. The third kappa shape index (κ3) is 4.78. The van der Waals surface area contributed by atoms with E-state index in [2.05, 4.69) is 10.6 Å². The summed E-state index contributed by atoms with van der Waals surface area (Å²) in [7, 11) is 2.79. The molecular weight excluding hydrogens is 620 g/mol. The molecule has 1 amide bonds. The second-order valence-corrected chi connectivity index (χ2v) is 10.6. The monoisotopic (exact) mass is 645 g/mol. The van der Waals surface area contributed by atoms with Crippen LogP contribution < -0.4 is 27.4 Å². The van der Waals surface area contributed by atoms with E-state index in [-0.39, 0.29) is 39.9 Å². The van der Waals surface area contributed by atoms with E-state index in [4.69, 9.17) is 4.74 Å². The van der Waals surface area contributed by atoms with E-state index in [9.17, 15) is 23.6 Å². The fraction of sp³-hybridized carbons (Fsp3) is 0.259. The molecule has 202 valence electrons. The van der Waals surface area contributed by atoms with Crippen LogP contribution in [0.25, 0.3) is 16.6 Å². The molecule has 10 nitrogen and oxygen atoms in total. The molecule has 5 rings (SSSR count). The van der Waals surface area contributed by atoms with Crippen LogP contribution in [0.2, 0.25) is 0 Å². The van der Waals surface area contributed by atoms with Gasteiger partial charge in [-0.3, -0.25) is 28.1 Å². The van der Waals surface area contributed by atoms with Crippen LogP contribution in [0.3, 0.4) is 0 Å². The molecule has 4 aromatic rings. The number of amides is 1. The molecule has 2 N–H and O–H groups in total. The summed E-state index contributed by atoms with van der Waals surface area (Å²) in [6.45, 7) is 2.52. The zero-order valence-electron chi connectivity index (χ0n) is 21.4. The minimum absolute atomic E-state index is 0.0209. The molecular formula is C27H25FIN5O5. The summed E-state index contributed by atoms with van der Waals surface area (Å²) in [4.78, 5) is 53.2. The number of ether oxygens (including phenoxy) is 1. The maximum Gasteiger partial charge on any atom is 0.335 e. The van der Waals surface area contributed by atoms with Crippen molar-refractivity contribution in [2.75, 3.05) is 18.5 Å². The van der Waals surface area contributed by atoms with E-state index in [1.807, 2.05) is 22.6 Å². The van der Waals surface area contributed by atoms with E-state index in [1.165, 1.54) is 48.4 Å². The van der Waals surface area contributed by atoms with Gasteiger partial charge in [0, 0.05) is 35.4 Å². The van der Waals surface area contributed by atoms with Gasteiger partial charge in [-0.25, -0.2) is 9.18 Å². The third-order valence-electron chi connectivity index (χ3n) is 6.83. The largest absolute Gasteiger partial charge is 0.379 e. The summed E-state index contributed by atoms with van der Waals surface area (Å²) < 4.78 is 24.1. The van der Waals surface area contributed by atoms with Crippen molar-refractivity contribution < 1.29 is 13.9 Å². The summed E-state index contributed by atoms with van der Waals surface area (Å²) in [5, 5.41) is 5.83. The van der Waals surface area contributed by atoms with E-state index in [1.54, 1.807) is 24.3 Å². The highest BCUT2D eigenvalue weighted by Crippen LogP contribution is 2.27. The molecule has 2 aromatic heterocycles. The molecule has 0 saturated carbocycles. The quantitative estimate of drug-likeness (QED) is 0.323. The van der Waals surface area contributed by atoms with Crippen LogP contribution in [-0.4, -0.2) is 38.9 Å². The van der Waals surface area contributed by atoms with E-state index >= 15 is 0 Å². The van der Waals surface area contributed by atoms with Crippen LogP contribution in [0.5, 0.6) is 0 Å². The number of pyridine rings is 1. The standard InChI is InChI=1S/C27H25FIN5O5/c1-14-22-21(23(32(2)25(14)36)31-20-8-7-16(29)12-19(20)28)26(37)33(3)27(38)34(22)18-6-4-5-15(11-18)24(35)30-17-9-10-39-13-17/h4-8,11-12,17,31H,9-10,13H2,1-3H3,(H,30,35). The van der Waals surface area contributed by atoms with E-state index in [0.717, 1.165) is 4.57 Å². The maximum absolute atomic E-state index is 14.8. The molecule has 1 atom stereocenters. The number of rotatable bonds is 5. The Balaban J connectivity index is 1.75. The molecule has 0 aliphatic carbocycles. The van der Waals surface area contributed by atoms with Gasteiger partial charge in [0.1, 0.15) is 17.0 Å². The average Bonchev–Trinajstić information content (AvgIpc) is 3.43. The van der Waals surface area contributed by atoms with Crippen molar-refractivity contribution in [1.29, 1.82) is 0 Å². The molecule has 2 aromatic carbocycles. The highest BCUT2D eigenvalue weighted by Gasteiger charge is 2.24. The Labute approximate surface area is 235 Å². The Morgan fingerprint density at radius 1 is 1.08 bits per heavy atom. The predicted molar refractivity (Wildman–Crippen MR) is 154 cm³/mol. The number of nitrogens with zero attached hydrogens (tertiary/aromatic N) is 3. The number of aromatic nitrogens is 3. The molecule has 3 heterocycles. The number of carbonyl (C=O) groups excluding carboxylic acids is 1. The number of aryl methyl sites for hydroxylation is 1. The number of hydrogen-bond acceptors (Lipinski definition) is 6. The number of benzene rings is 2. The molecule has 0 radical (unpaired) electrons. The van der Waals surface area contributed by atoms with Gasteiger partial charge in [-0.05, 0) is 72.3 Å². The number of carbonyl (C=O) groups is 1. The SMILES string of the molecule is Cc1c(=O)n(C)c(Nc2ccc(I)cc2F)c2c(=O)n(C)c(=O)n(-c3cccc(C(=O)NC4CCOC4)c3)c12. The molecule has 1 aliphatic rings. The molecule has 12 heteroatoms.